The number of carbonyl (C=O) groups excluding carboxylic acids is 3. The SMILES string of the molecule is NC(=O)c1ccccc1NCC(=O)NC/C=C\CNC(=O)c1cc2cccnc2[nH]1. The second-order valence-corrected chi connectivity index (χ2v) is 6.37. The number of nitrogens with two attached hydrogens (primary N) is 1. The maximum Gasteiger partial charge on any atom is 0.268 e. The molecule has 0 aliphatic carbocycles. The van der Waals surface area contributed by atoms with Crippen LogP contribution in [0, 0.1) is 0 Å². The van der Waals surface area contributed by atoms with Crippen LogP contribution in [0.1, 0.15) is 20.8 Å². The van der Waals surface area contributed by atoms with E-state index in [9.17, 15) is 14.4 Å². The number of nitrogens with one attached hydrogen (secondary N) is 4. The van der Waals surface area contributed by atoms with Crippen molar-refractivity contribution in [2.75, 3.05) is 25.0 Å². The Kier molecular flexibility index (Phi) is 6.78. The molecule has 1 aromatic carbocycles. The molecule has 9 nitrogen and oxygen atoms in total. The molecule has 2 heterocycles. The molecule has 0 radical (unpaired) electrons. The summed E-state index contributed by atoms with van der Waals surface area (Å²) in [5.41, 5.74) is 7.23. The highest BCUT2D eigenvalue weighted by molar-refractivity contribution is 5.99. The monoisotopic (exact) mass is 406 g/mol. The fourth-order valence-corrected chi connectivity index (χ4v) is 2.76. The maximum absolute atomic E-state index is 12.1. The topological polar surface area (TPSA) is 142 Å². The molecule has 0 aliphatic rings. The Bertz CT molecular complexity index is 1060. The number of amides is 3. The molecule has 0 unspecified atom stereocenters. The number of nitrogens with zero attached hydrogens (tertiary/aromatic N) is 1. The average Bonchev–Trinajstić information content (AvgIpc) is 3.19. The number of benzene rings is 1. The fraction of sp³-hybridized carbons (Fsp3) is 0.143. The number of carbonyl (C=O) groups is 3. The lowest BCUT2D eigenvalue weighted by Crippen LogP contribution is -2.30. The number of pyridine rings is 1. The first-order chi connectivity index (χ1) is 14.5. The van der Waals surface area contributed by atoms with E-state index in [1.165, 1.54) is 0 Å². The number of aromatic nitrogens is 2. The van der Waals surface area contributed by atoms with Gasteiger partial charge in [-0.25, -0.2) is 4.98 Å². The summed E-state index contributed by atoms with van der Waals surface area (Å²) in [6, 6.07) is 12.1. The summed E-state index contributed by atoms with van der Waals surface area (Å²) in [6.45, 7) is 0.634. The van der Waals surface area contributed by atoms with E-state index in [1.807, 2.05) is 6.07 Å². The molecule has 0 saturated heterocycles. The van der Waals surface area contributed by atoms with Crippen molar-refractivity contribution in [1.82, 2.24) is 20.6 Å². The number of rotatable bonds is 9. The summed E-state index contributed by atoms with van der Waals surface area (Å²) in [5, 5.41) is 9.22. The molecule has 3 rings (SSSR count). The third kappa shape index (κ3) is 5.44. The molecular formula is C21H22N6O3. The van der Waals surface area contributed by atoms with Crippen molar-refractivity contribution in [3.8, 4) is 0 Å². The molecule has 9 heteroatoms. The van der Waals surface area contributed by atoms with Crippen LogP contribution in [0.4, 0.5) is 5.69 Å². The van der Waals surface area contributed by atoms with Crippen LogP contribution in [0.15, 0.2) is 60.8 Å². The zero-order valence-corrected chi connectivity index (χ0v) is 16.1. The zero-order valence-electron chi connectivity index (χ0n) is 16.1. The van der Waals surface area contributed by atoms with Crippen molar-refractivity contribution in [1.29, 1.82) is 0 Å². The molecular weight excluding hydrogens is 384 g/mol. The summed E-state index contributed by atoms with van der Waals surface area (Å²) in [6.07, 6.45) is 5.14. The van der Waals surface area contributed by atoms with Gasteiger partial charge in [0.2, 0.25) is 5.91 Å². The number of para-hydroxylation sites is 1. The molecule has 3 amide bonds. The standard InChI is InChI=1S/C21H22N6O3/c22-19(29)15-7-1-2-8-16(15)26-13-18(28)23-9-3-4-10-25-21(30)17-12-14-6-5-11-24-20(14)27-17/h1-8,11-12,26H,9-10,13H2,(H2,22,29)(H,23,28)(H,24,27)(H,25,30)/b4-3-. The number of primary amides is 1. The van der Waals surface area contributed by atoms with E-state index in [-0.39, 0.29) is 18.4 Å². The second kappa shape index (κ2) is 9.87. The predicted molar refractivity (Wildman–Crippen MR) is 114 cm³/mol. The molecule has 0 saturated carbocycles. The van der Waals surface area contributed by atoms with E-state index >= 15 is 0 Å². The van der Waals surface area contributed by atoms with E-state index < -0.39 is 5.91 Å². The van der Waals surface area contributed by atoms with Crippen molar-refractivity contribution in [2.45, 2.75) is 0 Å². The molecule has 3 aromatic rings. The molecule has 0 aliphatic heterocycles. The number of hydrogen-bond acceptors (Lipinski definition) is 5. The normalized spacial score (nSPS) is 10.8. The van der Waals surface area contributed by atoms with Gasteiger partial charge in [-0.2, -0.15) is 0 Å². The van der Waals surface area contributed by atoms with E-state index in [4.69, 9.17) is 5.73 Å². The third-order valence-corrected chi connectivity index (χ3v) is 4.23. The predicted octanol–water partition coefficient (Wildman–Crippen LogP) is 1.18. The molecule has 30 heavy (non-hydrogen) atoms. The number of fused-ring (bicyclic) bond motifs is 1. The van der Waals surface area contributed by atoms with Crippen molar-refractivity contribution in [3.05, 3.63) is 72.1 Å². The summed E-state index contributed by atoms with van der Waals surface area (Å²) in [5.74, 6) is -1.04. The van der Waals surface area contributed by atoms with Crippen molar-refractivity contribution in [3.63, 3.8) is 0 Å². The highest BCUT2D eigenvalue weighted by Crippen LogP contribution is 2.13. The van der Waals surface area contributed by atoms with Crippen LogP contribution in [0.5, 0.6) is 0 Å². The first kappa shape index (κ1) is 20.6. The van der Waals surface area contributed by atoms with Gasteiger partial charge in [0.15, 0.2) is 0 Å². The summed E-state index contributed by atoms with van der Waals surface area (Å²) in [4.78, 5) is 42.5. The van der Waals surface area contributed by atoms with Gasteiger partial charge in [-0.05, 0) is 30.3 Å². The third-order valence-electron chi connectivity index (χ3n) is 4.23. The zero-order chi connectivity index (χ0) is 21.3. The lowest BCUT2D eigenvalue weighted by molar-refractivity contribution is -0.119. The number of aromatic amines is 1. The van der Waals surface area contributed by atoms with E-state index in [0.29, 0.717) is 35.7 Å². The Labute approximate surface area is 172 Å². The molecule has 0 bridgehead atoms. The van der Waals surface area contributed by atoms with Gasteiger partial charge in [0, 0.05) is 30.4 Å². The largest absolute Gasteiger partial charge is 0.376 e. The molecule has 0 atom stereocenters. The Balaban J connectivity index is 1.36. The highest BCUT2D eigenvalue weighted by atomic mass is 16.2. The number of anilines is 1. The molecule has 0 spiro atoms. The highest BCUT2D eigenvalue weighted by Gasteiger charge is 2.09. The van der Waals surface area contributed by atoms with E-state index in [1.54, 1.807) is 54.7 Å². The maximum atomic E-state index is 12.1. The number of hydrogen-bond donors (Lipinski definition) is 5. The minimum absolute atomic E-state index is 0.00326. The van der Waals surface area contributed by atoms with Crippen LogP contribution in [0.2, 0.25) is 0 Å². The minimum Gasteiger partial charge on any atom is -0.376 e. The van der Waals surface area contributed by atoms with Crippen LogP contribution < -0.4 is 21.7 Å². The summed E-state index contributed by atoms with van der Waals surface area (Å²) >= 11 is 0. The molecule has 2 aromatic heterocycles. The quantitative estimate of drug-likeness (QED) is 0.339. The van der Waals surface area contributed by atoms with Gasteiger partial charge in [-0.1, -0.05) is 24.3 Å². The van der Waals surface area contributed by atoms with Crippen LogP contribution >= 0.6 is 0 Å². The Morgan fingerprint density at radius 3 is 2.57 bits per heavy atom. The van der Waals surface area contributed by atoms with Gasteiger partial charge in [-0.15, -0.1) is 0 Å². The molecule has 154 valence electrons. The Hall–Kier alpha value is -4.14. The lowest BCUT2D eigenvalue weighted by Gasteiger charge is -2.09. The van der Waals surface area contributed by atoms with Crippen molar-refractivity contribution < 1.29 is 14.4 Å². The van der Waals surface area contributed by atoms with Gasteiger partial charge in [-0.3, -0.25) is 14.4 Å². The minimum atomic E-state index is -0.563. The van der Waals surface area contributed by atoms with Gasteiger partial charge >= 0.3 is 0 Å². The smallest absolute Gasteiger partial charge is 0.268 e. The van der Waals surface area contributed by atoms with E-state index in [0.717, 1.165) is 5.39 Å². The van der Waals surface area contributed by atoms with Crippen LogP contribution in [-0.2, 0) is 4.79 Å². The van der Waals surface area contributed by atoms with Gasteiger partial charge in [0.1, 0.15) is 11.3 Å². The molecule has 0 fully saturated rings. The first-order valence-corrected chi connectivity index (χ1v) is 9.31. The fourth-order valence-electron chi connectivity index (χ4n) is 2.76. The van der Waals surface area contributed by atoms with Crippen molar-refractivity contribution in [2.24, 2.45) is 5.73 Å². The molecule has 6 N–H and O–H groups in total. The summed E-state index contributed by atoms with van der Waals surface area (Å²) < 4.78 is 0. The van der Waals surface area contributed by atoms with Gasteiger partial charge < -0.3 is 26.7 Å². The van der Waals surface area contributed by atoms with Crippen LogP contribution in [-0.4, -0.2) is 47.3 Å². The average molecular weight is 406 g/mol. The lowest BCUT2D eigenvalue weighted by atomic mass is 10.1. The second-order valence-electron chi connectivity index (χ2n) is 6.37. The van der Waals surface area contributed by atoms with E-state index in [2.05, 4.69) is 25.9 Å². The first-order valence-electron chi connectivity index (χ1n) is 9.31. The Morgan fingerprint density at radius 1 is 1.03 bits per heavy atom. The van der Waals surface area contributed by atoms with Crippen LogP contribution in [0.3, 0.4) is 0 Å². The van der Waals surface area contributed by atoms with Gasteiger partial charge in [0.05, 0.1) is 12.1 Å². The van der Waals surface area contributed by atoms with Gasteiger partial charge in [0.25, 0.3) is 11.8 Å². The van der Waals surface area contributed by atoms with Crippen molar-refractivity contribution >= 4 is 34.4 Å². The van der Waals surface area contributed by atoms with Crippen LogP contribution in [0.25, 0.3) is 11.0 Å². The number of H-pyrrole nitrogens is 1. The Morgan fingerprint density at radius 2 is 1.80 bits per heavy atom. The summed E-state index contributed by atoms with van der Waals surface area (Å²) in [7, 11) is 0.